The van der Waals surface area contributed by atoms with E-state index in [-0.39, 0.29) is 0 Å². The molecule has 0 aliphatic carbocycles. The SMILES string of the molecule is c1ccc(-c2ccc3ccccc3c2)cc1.c1ccc2occc2c1. The van der Waals surface area contributed by atoms with E-state index in [1.165, 1.54) is 21.9 Å². The first-order valence-electron chi connectivity index (χ1n) is 8.37. The van der Waals surface area contributed by atoms with Crippen molar-refractivity contribution < 1.29 is 4.42 Å². The Balaban J connectivity index is 0.000000147. The molecule has 1 aromatic heterocycles. The molecule has 0 saturated heterocycles. The molecule has 1 nitrogen and oxygen atoms in total. The maximum atomic E-state index is 5.12. The van der Waals surface area contributed by atoms with Crippen molar-refractivity contribution >= 4 is 21.7 Å². The summed E-state index contributed by atoms with van der Waals surface area (Å²) < 4.78 is 5.12. The van der Waals surface area contributed by atoms with Crippen molar-refractivity contribution in [3.8, 4) is 11.1 Å². The lowest BCUT2D eigenvalue weighted by Crippen LogP contribution is -1.77. The second-order valence-electron chi connectivity index (χ2n) is 5.89. The average molecular weight is 322 g/mol. The minimum absolute atomic E-state index is 0.956. The van der Waals surface area contributed by atoms with Gasteiger partial charge in [0.15, 0.2) is 0 Å². The molecule has 0 aliphatic rings. The summed E-state index contributed by atoms with van der Waals surface area (Å²) in [6, 6.07) is 35.4. The molecule has 4 aromatic carbocycles. The van der Waals surface area contributed by atoms with Crippen LogP contribution in [-0.2, 0) is 0 Å². The van der Waals surface area contributed by atoms with Crippen molar-refractivity contribution in [2.75, 3.05) is 0 Å². The summed E-state index contributed by atoms with van der Waals surface area (Å²) in [5.74, 6) is 0. The summed E-state index contributed by atoms with van der Waals surface area (Å²) in [5.41, 5.74) is 3.50. The van der Waals surface area contributed by atoms with E-state index in [2.05, 4.69) is 66.7 Å². The Morgan fingerprint density at radius 1 is 0.440 bits per heavy atom. The number of benzene rings is 4. The molecule has 0 N–H and O–H groups in total. The molecule has 0 saturated carbocycles. The zero-order valence-electron chi connectivity index (χ0n) is 13.8. The van der Waals surface area contributed by atoms with Crippen LogP contribution in [0, 0.1) is 0 Å². The lowest BCUT2D eigenvalue weighted by molar-refractivity contribution is 0.616. The van der Waals surface area contributed by atoms with Crippen molar-refractivity contribution in [1.29, 1.82) is 0 Å². The van der Waals surface area contributed by atoms with Crippen molar-refractivity contribution in [3.05, 3.63) is 109 Å². The maximum absolute atomic E-state index is 5.12. The van der Waals surface area contributed by atoms with Gasteiger partial charge in [0.25, 0.3) is 0 Å². The van der Waals surface area contributed by atoms with Gasteiger partial charge >= 0.3 is 0 Å². The molecule has 0 amide bonds. The topological polar surface area (TPSA) is 13.1 Å². The Labute approximate surface area is 147 Å². The third-order valence-corrected chi connectivity index (χ3v) is 4.22. The van der Waals surface area contributed by atoms with Crippen LogP contribution >= 0.6 is 0 Å². The summed E-state index contributed by atoms with van der Waals surface area (Å²) in [4.78, 5) is 0. The van der Waals surface area contributed by atoms with Gasteiger partial charge in [-0.3, -0.25) is 0 Å². The molecular weight excluding hydrogens is 304 g/mol. The highest BCUT2D eigenvalue weighted by molar-refractivity contribution is 5.87. The molecule has 25 heavy (non-hydrogen) atoms. The van der Waals surface area contributed by atoms with Crippen LogP contribution in [0.15, 0.2) is 114 Å². The van der Waals surface area contributed by atoms with Gasteiger partial charge in [-0.2, -0.15) is 0 Å². The Bertz CT molecular complexity index is 1060. The van der Waals surface area contributed by atoms with Gasteiger partial charge in [-0.25, -0.2) is 0 Å². The number of para-hydroxylation sites is 1. The van der Waals surface area contributed by atoms with Crippen LogP contribution in [0.4, 0.5) is 0 Å². The van der Waals surface area contributed by atoms with E-state index in [1.54, 1.807) is 6.26 Å². The van der Waals surface area contributed by atoms with Crippen LogP contribution in [-0.4, -0.2) is 0 Å². The van der Waals surface area contributed by atoms with Gasteiger partial charge in [0, 0.05) is 5.39 Å². The highest BCUT2D eigenvalue weighted by atomic mass is 16.3. The Morgan fingerprint density at radius 3 is 1.92 bits per heavy atom. The second-order valence-corrected chi connectivity index (χ2v) is 5.89. The molecule has 0 radical (unpaired) electrons. The van der Waals surface area contributed by atoms with Gasteiger partial charge in [-0.15, -0.1) is 0 Å². The highest BCUT2D eigenvalue weighted by Gasteiger charge is 1.97. The number of hydrogen-bond acceptors (Lipinski definition) is 1. The van der Waals surface area contributed by atoms with Crippen LogP contribution in [0.1, 0.15) is 0 Å². The Morgan fingerprint density at radius 2 is 1.12 bits per heavy atom. The van der Waals surface area contributed by atoms with E-state index >= 15 is 0 Å². The fourth-order valence-electron chi connectivity index (χ4n) is 2.91. The molecular formula is C24H18O. The smallest absolute Gasteiger partial charge is 0.133 e. The summed E-state index contributed by atoms with van der Waals surface area (Å²) in [6.07, 6.45) is 1.70. The van der Waals surface area contributed by atoms with Gasteiger partial charge < -0.3 is 4.42 Å². The molecule has 0 unspecified atom stereocenters. The monoisotopic (exact) mass is 322 g/mol. The predicted octanol–water partition coefficient (Wildman–Crippen LogP) is 6.94. The number of furan rings is 1. The highest BCUT2D eigenvalue weighted by Crippen LogP contribution is 2.23. The first kappa shape index (κ1) is 15.2. The minimum atomic E-state index is 0.956. The Kier molecular flexibility index (Phi) is 4.30. The third-order valence-electron chi connectivity index (χ3n) is 4.22. The molecule has 0 bridgehead atoms. The molecule has 5 rings (SSSR count). The van der Waals surface area contributed by atoms with E-state index in [0.29, 0.717) is 0 Å². The molecule has 0 spiro atoms. The van der Waals surface area contributed by atoms with Crippen LogP contribution in [0.5, 0.6) is 0 Å². The number of fused-ring (bicyclic) bond motifs is 2. The first-order chi connectivity index (χ1) is 12.4. The van der Waals surface area contributed by atoms with Crippen LogP contribution < -0.4 is 0 Å². The third kappa shape index (κ3) is 3.46. The molecule has 0 aliphatic heterocycles. The van der Waals surface area contributed by atoms with Crippen molar-refractivity contribution in [2.24, 2.45) is 0 Å². The molecule has 5 aromatic rings. The molecule has 0 atom stereocenters. The fourth-order valence-corrected chi connectivity index (χ4v) is 2.91. The zero-order valence-corrected chi connectivity index (χ0v) is 13.8. The van der Waals surface area contributed by atoms with Gasteiger partial charge in [0.1, 0.15) is 5.58 Å². The van der Waals surface area contributed by atoms with E-state index in [0.717, 1.165) is 11.0 Å². The number of rotatable bonds is 1. The number of hydrogen-bond donors (Lipinski definition) is 0. The maximum Gasteiger partial charge on any atom is 0.133 e. The Hall–Kier alpha value is -3.32. The largest absolute Gasteiger partial charge is 0.464 e. The van der Waals surface area contributed by atoms with Gasteiger partial charge in [-0.05, 0) is 40.1 Å². The lowest BCUT2D eigenvalue weighted by Gasteiger charge is -2.03. The minimum Gasteiger partial charge on any atom is -0.464 e. The van der Waals surface area contributed by atoms with Crippen LogP contribution in [0.3, 0.4) is 0 Å². The lowest BCUT2D eigenvalue weighted by atomic mass is 10.0. The van der Waals surface area contributed by atoms with Crippen molar-refractivity contribution in [3.63, 3.8) is 0 Å². The predicted molar refractivity (Wildman–Crippen MR) is 106 cm³/mol. The first-order valence-corrected chi connectivity index (χ1v) is 8.37. The van der Waals surface area contributed by atoms with Crippen molar-refractivity contribution in [1.82, 2.24) is 0 Å². The fraction of sp³-hybridized carbons (Fsp3) is 0. The van der Waals surface area contributed by atoms with Crippen LogP contribution in [0.2, 0.25) is 0 Å². The summed E-state index contributed by atoms with van der Waals surface area (Å²) in [5, 5.41) is 3.75. The van der Waals surface area contributed by atoms with E-state index in [1.807, 2.05) is 36.4 Å². The van der Waals surface area contributed by atoms with E-state index in [4.69, 9.17) is 4.42 Å². The quantitative estimate of drug-likeness (QED) is 0.326. The van der Waals surface area contributed by atoms with Gasteiger partial charge in [-0.1, -0.05) is 84.9 Å². The van der Waals surface area contributed by atoms with Crippen molar-refractivity contribution in [2.45, 2.75) is 0 Å². The average Bonchev–Trinajstić information content (AvgIpc) is 3.18. The van der Waals surface area contributed by atoms with E-state index in [9.17, 15) is 0 Å². The van der Waals surface area contributed by atoms with Crippen LogP contribution in [0.25, 0.3) is 32.9 Å². The molecule has 0 fully saturated rings. The summed E-state index contributed by atoms with van der Waals surface area (Å²) in [7, 11) is 0. The summed E-state index contributed by atoms with van der Waals surface area (Å²) >= 11 is 0. The molecule has 120 valence electrons. The second kappa shape index (κ2) is 7.06. The zero-order chi connectivity index (χ0) is 16.9. The van der Waals surface area contributed by atoms with Gasteiger partial charge in [0.2, 0.25) is 0 Å². The van der Waals surface area contributed by atoms with E-state index < -0.39 is 0 Å². The summed E-state index contributed by atoms with van der Waals surface area (Å²) in [6.45, 7) is 0. The molecule has 1 heteroatoms. The molecule has 1 heterocycles. The normalized spacial score (nSPS) is 10.4. The standard InChI is InChI=1S/C16H12.C8H6O/c1-2-6-13(7-3-1)16-11-10-14-8-4-5-9-15(14)12-16;1-2-4-8-7(3-1)5-6-9-8/h1-12H;1-6H. The van der Waals surface area contributed by atoms with Gasteiger partial charge in [0.05, 0.1) is 6.26 Å².